The third-order valence-electron chi connectivity index (χ3n) is 3.51. The Morgan fingerprint density at radius 2 is 0.933 bits per heavy atom. The zero-order valence-electron chi connectivity index (χ0n) is 9.67. The Morgan fingerprint density at radius 1 is 0.533 bits per heavy atom. The van der Waals surface area contributed by atoms with Crippen molar-refractivity contribution < 1.29 is 0 Å². The second-order valence-corrected chi connectivity index (χ2v) is 4.74. The highest BCUT2D eigenvalue weighted by molar-refractivity contribution is 5.27. The molecular weight excluding hydrogens is 180 g/mol. The van der Waals surface area contributed by atoms with Crippen LogP contribution in [0.1, 0.15) is 56.1 Å². The number of rotatable bonds is 0. The van der Waals surface area contributed by atoms with Gasteiger partial charge in [-0.1, -0.05) is 56.4 Å². The van der Waals surface area contributed by atoms with Gasteiger partial charge in [-0.25, -0.2) is 0 Å². The van der Waals surface area contributed by atoms with E-state index in [9.17, 15) is 0 Å². The van der Waals surface area contributed by atoms with E-state index in [-0.39, 0.29) is 0 Å². The maximum Gasteiger partial charge on any atom is -0.0276 e. The van der Waals surface area contributed by atoms with Gasteiger partial charge in [0.1, 0.15) is 0 Å². The Labute approximate surface area is 93.7 Å². The molecule has 82 valence electrons. The summed E-state index contributed by atoms with van der Waals surface area (Å²) in [7, 11) is 0. The van der Waals surface area contributed by atoms with Crippen LogP contribution in [0.25, 0.3) is 0 Å². The predicted octanol–water partition coefficient (Wildman–Crippen LogP) is 4.52. The molecule has 0 aromatic heterocycles. The fourth-order valence-electron chi connectivity index (χ4n) is 2.56. The smallest absolute Gasteiger partial charge is 0.0276 e. The molecule has 1 aromatic rings. The quantitative estimate of drug-likeness (QED) is 0.580. The van der Waals surface area contributed by atoms with E-state index >= 15 is 0 Å². The van der Waals surface area contributed by atoms with Crippen molar-refractivity contribution in [2.24, 2.45) is 0 Å². The Morgan fingerprint density at radius 3 is 1.40 bits per heavy atom. The first-order valence-electron chi connectivity index (χ1n) is 6.53. The molecule has 15 heavy (non-hydrogen) atoms. The van der Waals surface area contributed by atoms with Crippen molar-refractivity contribution in [3.8, 4) is 0 Å². The van der Waals surface area contributed by atoms with Gasteiger partial charge in [-0.05, 0) is 36.8 Å². The van der Waals surface area contributed by atoms with E-state index in [1.165, 1.54) is 57.8 Å². The summed E-state index contributed by atoms with van der Waals surface area (Å²) in [5.41, 5.74) is 3.22. The van der Waals surface area contributed by atoms with Gasteiger partial charge in [-0.2, -0.15) is 0 Å². The first-order chi connectivity index (χ1) is 7.47. The lowest BCUT2D eigenvalue weighted by Gasteiger charge is -2.07. The van der Waals surface area contributed by atoms with Crippen LogP contribution in [0, 0.1) is 0 Å². The summed E-state index contributed by atoms with van der Waals surface area (Å²) < 4.78 is 0. The molecule has 0 N–H and O–H groups in total. The molecule has 0 aliphatic heterocycles. The summed E-state index contributed by atoms with van der Waals surface area (Å²) in [6, 6.07) is 9.04. The summed E-state index contributed by atoms with van der Waals surface area (Å²) in [6.45, 7) is 0. The van der Waals surface area contributed by atoms with E-state index in [1.54, 1.807) is 11.1 Å². The van der Waals surface area contributed by atoms with Crippen LogP contribution in [0.2, 0.25) is 0 Å². The van der Waals surface area contributed by atoms with Crippen molar-refractivity contribution in [1.82, 2.24) is 0 Å². The van der Waals surface area contributed by atoms with Crippen molar-refractivity contribution in [2.75, 3.05) is 0 Å². The van der Waals surface area contributed by atoms with Crippen LogP contribution in [-0.4, -0.2) is 0 Å². The van der Waals surface area contributed by atoms with Crippen LogP contribution in [0.4, 0.5) is 0 Å². The zero-order chi connectivity index (χ0) is 10.3. The van der Waals surface area contributed by atoms with Gasteiger partial charge in [0.05, 0.1) is 0 Å². The largest absolute Gasteiger partial charge is 0.0620 e. The molecule has 2 rings (SSSR count). The third kappa shape index (κ3) is 3.37. The minimum Gasteiger partial charge on any atom is -0.0620 e. The molecule has 0 heterocycles. The van der Waals surface area contributed by atoms with E-state index < -0.39 is 0 Å². The summed E-state index contributed by atoms with van der Waals surface area (Å²) in [5, 5.41) is 0. The predicted molar refractivity (Wildman–Crippen MR) is 66.2 cm³/mol. The molecule has 0 nitrogen and oxygen atoms in total. The fourth-order valence-corrected chi connectivity index (χ4v) is 2.56. The van der Waals surface area contributed by atoms with Gasteiger partial charge in [0, 0.05) is 0 Å². The molecule has 0 fully saturated rings. The average Bonchev–Trinajstić information content (AvgIpc) is 2.32. The molecule has 0 spiro atoms. The topological polar surface area (TPSA) is 0 Å². The van der Waals surface area contributed by atoms with Crippen molar-refractivity contribution in [3.05, 3.63) is 35.4 Å². The Bertz CT molecular complexity index is 259. The Balaban J connectivity index is 2.04. The normalized spacial score (nSPS) is 18.9. The van der Waals surface area contributed by atoms with Gasteiger partial charge in [-0.15, -0.1) is 0 Å². The van der Waals surface area contributed by atoms with Gasteiger partial charge < -0.3 is 0 Å². The SMILES string of the molecule is c1ccc2c(c1)CCCCCCCCC2. The zero-order valence-corrected chi connectivity index (χ0v) is 9.67. The fraction of sp³-hybridized carbons (Fsp3) is 0.600. The molecule has 0 saturated carbocycles. The molecule has 1 aliphatic rings. The lowest BCUT2D eigenvalue weighted by Crippen LogP contribution is -1.94. The summed E-state index contributed by atoms with van der Waals surface area (Å²) in [5.74, 6) is 0. The van der Waals surface area contributed by atoms with Crippen LogP contribution in [0.3, 0.4) is 0 Å². The van der Waals surface area contributed by atoms with E-state index in [0.717, 1.165) is 0 Å². The van der Waals surface area contributed by atoms with E-state index in [4.69, 9.17) is 0 Å². The van der Waals surface area contributed by atoms with Crippen molar-refractivity contribution in [3.63, 3.8) is 0 Å². The molecule has 0 unspecified atom stereocenters. The summed E-state index contributed by atoms with van der Waals surface area (Å²) in [6.07, 6.45) is 12.6. The number of fused-ring (bicyclic) bond motifs is 1. The van der Waals surface area contributed by atoms with Crippen LogP contribution >= 0.6 is 0 Å². The lowest BCUT2D eigenvalue weighted by atomic mass is 9.98. The minimum absolute atomic E-state index is 1.30. The lowest BCUT2D eigenvalue weighted by molar-refractivity contribution is 0.587. The van der Waals surface area contributed by atoms with Crippen LogP contribution in [0.5, 0.6) is 0 Å². The molecular formula is C15H22. The van der Waals surface area contributed by atoms with E-state index in [1.807, 2.05) is 0 Å². The molecule has 0 radical (unpaired) electrons. The third-order valence-corrected chi connectivity index (χ3v) is 3.51. The maximum absolute atomic E-state index is 2.33. The second kappa shape index (κ2) is 5.95. The summed E-state index contributed by atoms with van der Waals surface area (Å²) >= 11 is 0. The first-order valence-corrected chi connectivity index (χ1v) is 6.53. The second-order valence-electron chi connectivity index (χ2n) is 4.74. The highest BCUT2D eigenvalue weighted by atomic mass is 14.1. The van der Waals surface area contributed by atoms with Crippen LogP contribution in [0.15, 0.2) is 24.3 Å². The Kier molecular flexibility index (Phi) is 4.25. The monoisotopic (exact) mass is 202 g/mol. The molecule has 0 heteroatoms. The average molecular weight is 202 g/mol. The van der Waals surface area contributed by atoms with Crippen molar-refractivity contribution in [1.29, 1.82) is 0 Å². The number of hydrogen-bond donors (Lipinski definition) is 0. The van der Waals surface area contributed by atoms with Crippen molar-refractivity contribution in [2.45, 2.75) is 57.8 Å². The van der Waals surface area contributed by atoms with Gasteiger partial charge in [0.2, 0.25) is 0 Å². The van der Waals surface area contributed by atoms with Gasteiger partial charge in [0.15, 0.2) is 0 Å². The van der Waals surface area contributed by atoms with Gasteiger partial charge in [-0.3, -0.25) is 0 Å². The molecule has 0 amide bonds. The van der Waals surface area contributed by atoms with Crippen molar-refractivity contribution >= 4 is 0 Å². The van der Waals surface area contributed by atoms with Gasteiger partial charge in [0.25, 0.3) is 0 Å². The maximum atomic E-state index is 2.33. The highest BCUT2D eigenvalue weighted by Crippen LogP contribution is 2.18. The van der Waals surface area contributed by atoms with E-state index in [0.29, 0.717) is 0 Å². The Hall–Kier alpha value is -0.780. The van der Waals surface area contributed by atoms with Crippen LogP contribution in [-0.2, 0) is 12.8 Å². The molecule has 1 aliphatic carbocycles. The number of benzene rings is 1. The van der Waals surface area contributed by atoms with E-state index in [2.05, 4.69) is 24.3 Å². The van der Waals surface area contributed by atoms with Gasteiger partial charge >= 0.3 is 0 Å². The standard InChI is InChI=1S/C15H22/c1-2-4-6-10-14-12-8-9-13-15(14)11-7-5-3-1/h8-9,12-13H,1-7,10-11H2. The number of hydrogen-bond acceptors (Lipinski definition) is 0. The van der Waals surface area contributed by atoms with Crippen LogP contribution < -0.4 is 0 Å². The summed E-state index contributed by atoms with van der Waals surface area (Å²) in [4.78, 5) is 0. The first kappa shape index (κ1) is 10.7. The number of aryl methyl sites for hydroxylation is 2. The minimum atomic E-state index is 1.30. The molecule has 1 aromatic carbocycles. The highest BCUT2D eigenvalue weighted by Gasteiger charge is 2.03. The molecule has 0 bridgehead atoms. The molecule has 0 atom stereocenters. The molecule has 0 saturated heterocycles.